The maximum absolute atomic E-state index is 12.1. The number of carbonyl (C=O) groups is 1. The standard InChI is InChI=1S/C18H20N2O5/c1-12(2)25-11-13-3-5-14(6-4-13)18(22)19-10-15-9-16(20(23)24)7-8-17(15)21/h3-9,12,21H,10-11H2,1-2H3,(H,19,22)/p-1. The van der Waals surface area contributed by atoms with Crippen molar-refractivity contribution in [2.75, 3.05) is 0 Å². The predicted molar refractivity (Wildman–Crippen MR) is 90.1 cm³/mol. The van der Waals surface area contributed by atoms with E-state index in [-0.39, 0.29) is 35.6 Å². The number of carbonyl (C=O) groups excluding carboxylic acids is 1. The van der Waals surface area contributed by atoms with Gasteiger partial charge in [-0.1, -0.05) is 18.2 Å². The molecule has 2 rings (SSSR count). The summed E-state index contributed by atoms with van der Waals surface area (Å²) in [6, 6.07) is 10.4. The van der Waals surface area contributed by atoms with Crippen LogP contribution in [-0.2, 0) is 17.9 Å². The molecule has 1 N–H and O–H groups in total. The Bertz CT molecular complexity index is 757. The first-order valence-corrected chi connectivity index (χ1v) is 7.80. The molecule has 7 heteroatoms. The molecule has 0 aliphatic carbocycles. The first-order valence-electron chi connectivity index (χ1n) is 7.80. The summed E-state index contributed by atoms with van der Waals surface area (Å²) in [5.41, 5.74) is 1.37. The van der Waals surface area contributed by atoms with Gasteiger partial charge < -0.3 is 15.2 Å². The van der Waals surface area contributed by atoms with Gasteiger partial charge in [-0.3, -0.25) is 14.9 Å². The van der Waals surface area contributed by atoms with Crippen molar-refractivity contribution in [1.29, 1.82) is 0 Å². The van der Waals surface area contributed by atoms with E-state index < -0.39 is 4.92 Å². The van der Waals surface area contributed by atoms with Gasteiger partial charge in [0.05, 0.1) is 17.6 Å². The topological polar surface area (TPSA) is 105 Å². The summed E-state index contributed by atoms with van der Waals surface area (Å²) in [7, 11) is 0. The lowest BCUT2D eigenvalue weighted by atomic mass is 10.1. The van der Waals surface area contributed by atoms with E-state index in [1.807, 2.05) is 13.8 Å². The Morgan fingerprint density at radius 2 is 1.88 bits per heavy atom. The lowest BCUT2D eigenvalue weighted by Gasteiger charge is -2.14. The quantitative estimate of drug-likeness (QED) is 0.614. The minimum atomic E-state index is -0.581. The second-order valence-corrected chi connectivity index (χ2v) is 5.79. The molecule has 0 aromatic heterocycles. The summed E-state index contributed by atoms with van der Waals surface area (Å²) in [5, 5.41) is 25.1. The normalized spacial score (nSPS) is 10.7. The van der Waals surface area contributed by atoms with Crippen LogP contribution in [0.4, 0.5) is 5.69 Å². The summed E-state index contributed by atoms with van der Waals surface area (Å²) in [4.78, 5) is 22.3. The van der Waals surface area contributed by atoms with Gasteiger partial charge in [-0.15, -0.1) is 5.75 Å². The van der Waals surface area contributed by atoms with Gasteiger partial charge in [0.15, 0.2) is 0 Å². The minimum absolute atomic E-state index is 0.0719. The molecule has 0 unspecified atom stereocenters. The van der Waals surface area contributed by atoms with E-state index in [2.05, 4.69) is 5.32 Å². The molecule has 2 aromatic carbocycles. The van der Waals surface area contributed by atoms with E-state index in [1.165, 1.54) is 6.07 Å². The van der Waals surface area contributed by atoms with Crippen LogP contribution in [-0.4, -0.2) is 16.9 Å². The Hall–Kier alpha value is -2.93. The molecule has 0 bridgehead atoms. The highest BCUT2D eigenvalue weighted by Gasteiger charge is 2.09. The van der Waals surface area contributed by atoms with Gasteiger partial charge in [0.25, 0.3) is 11.6 Å². The van der Waals surface area contributed by atoms with Crippen molar-refractivity contribution >= 4 is 11.6 Å². The third-order valence-electron chi connectivity index (χ3n) is 3.49. The number of nitro benzene ring substituents is 1. The van der Waals surface area contributed by atoms with Crippen molar-refractivity contribution < 1.29 is 19.6 Å². The summed E-state index contributed by atoms with van der Waals surface area (Å²) >= 11 is 0. The van der Waals surface area contributed by atoms with Crippen molar-refractivity contribution in [2.45, 2.75) is 33.1 Å². The lowest BCUT2D eigenvalue weighted by Crippen LogP contribution is -2.23. The Labute approximate surface area is 145 Å². The van der Waals surface area contributed by atoms with Crippen molar-refractivity contribution in [1.82, 2.24) is 5.32 Å². The molecule has 7 nitrogen and oxygen atoms in total. The average Bonchev–Trinajstić information content (AvgIpc) is 2.59. The number of nitrogens with one attached hydrogen (secondary N) is 1. The molecule has 2 aromatic rings. The number of non-ortho nitro benzene ring substituents is 1. The number of hydrogen-bond acceptors (Lipinski definition) is 5. The average molecular weight is 343 g/mol. The fourth-order valence-electron chi connectivity index (χ4n) is 2.11. The maximum atomic E-state index is 12.1. The SMILES string of the molecule is CC(C)OCc1ccc(C(=O)NCc2cc([N+](=O)[O-])ccc2[O-])cc1. The zero-order valence-corrected chi connectivity index (χ0v) is 14.0. The molecule has 0 fully saturated rings. The fourth-order valence-corrected chi connectivity index (χ4v) is 2.11. The Morgan fingerprint density at radius 3 is 2.48 bits per heavy atom. The Balaban J connectivity index is 1.98. The van der Waals surface area contributed by atoms with E-state index in [4.69, 9.17) is 4.74 Å². The maximum Gasteiger partial charge on any atom is 0.269 e. The molecule has 0 atom stereocenters. The van der Waals surface area contributed by atoms with Crippen LogP contribution in [0.5, 0.6) is 5.75 Å². The Kier molecular flexibility index (Phi) is 6.08. The van der Waals surface area contributed by atoms with Crippen LogP contribution >= 0.6 is 0 Å². The minimum Gasteiger partial charge on any atom is -0.872 e. The van der Waals surface area contributed by atoms with Gasteiger partial charge >= 0.3 is 0 Å². The third-order valence-corrected chi connectivity index (χ3v) is 3.49. The van der Waals surface area contributed by atoms with Crippen molar-refractivity contribution in [2.24, 2.45) is 0 Å². The monoisotopic (exact) mass is 343 g/mol. The van der Waals surface area contributed by atoms with Gasteiger partial charge in [-0.2, -0.15) is 0 Å². The van der Waals surface area contributed by atoms with E-state index in [9.17, 15) is 20.0 Å². The van der Waals surface area contributed by atoms with Crippen LogP contribution in [0.2, 0.25) is 0 Å². The first kappa shape index (κ1) is 18.4. The molecule has 0 heterocycles. The van der Waals surface area contributed by atoms with Crippen LogP contribution in [0.1, 0.15) is 35.3 Å². The number of benzene rings is 2. The number of rotatable bonds is 7. The highest BCUT2D eigenvalue weighted by Crippen LogP contribution is 2.20. The zero-order valence-electron chi connectivity index (χ0n) is 14.0. The molecule has 132 valence electrons. The van der Waals surface area contributed by atoms with E-state index in [0.29, 0.717) is 12.2 Å². The van der Waals surface area contributed by atoms with Crippen molar-refractivity contribution in [3.63, 3.8) is 0 Å². The number of hydrogen-bond donors (Lipinski definition) is 1. The van der Waals surface area contributed by atoms with Gasteiger partial charge in [-0.25, -0.2) is 0 Å². The molecular weight excluding hydrogens is 324 g/mol. The van der Waals surface area contributed by atoms with E-state index in [0.717, 1.165) is 17.7 Å². The molecule has 0 aliphatic rings. The van der Waals surface area contributed by atoms with Crippen LogP contribution in [0.3, 0.4) is 0 Å². The highest BCUT2D eigenvalue weighted by molar-refractivity contribution is 5.94. The summed E-state index contributed by atoms with van der Waals surface area (Å²) < 4.78 is 5.49. The van der Waals surface area contributed by atoms with Crippen LogP contribution < -0.4 is 10.4 Å². The molecule has 1 amide bonds. The molecular formula is C18H19N2O5-. The molecule has 0 spiro atoms. The number of nitrogens with zero attached hydrogens (tertiary/aromatic N) is 1. The number of ether oxygens (including phenoxy) is 1. The number of amides is 1. The molecule has 0 radical (unpaired) electrons. The second kappa shape index (κ2) is 8.25. The molecule has 25 heavy (non-hydrogen) atoms. The van der Waals surface area contributed by atoms with Gasteiger partial charge in [0, 0.05) is 24.2 Å². The highest BCUT2D eigenvalue weighted by atomic mass is 16.6. The number of nitro groups is 1. The largest absolute Gasteiger partial charge is 0.872 e. The van der Waals surface area contributed by atoms with Gasteiger partial charge in [-0.05, 0) is 37.1 Å². The van der Waals surface area contributed by atoms with Crippen LogP contribution in [0, 0.1) is 10.1 Å². The predicted octanol–water partition coefficient (Wildman–Crippen LogP) is 2.52. The summed E-state index contributed by atoms with van der Waals surface area (Å²) in [6.07, 6.45) is 0.124. The lowest BCUT2D eigenvalue weighted by molar-refractivity contribution is -0.385. The molecule has 0 aliphatic heterocycles. The molecule has 0 saturated heterocycles. The van der Waals surface area contributed by atoms with Gasteiger partial charge in [0.1, 0.15) is 0 Å². The second-order valence-electron chi connectivity index (χ2n) is 5.79. The van der Waals surface area contributed by atoms with Gasteiger partial charge in [0.2, 0.25) is 0 Å². The Morgan fingerprint density at radius 1 is 1.20 bits per heavy atom. The van der Waals surface area contributed by atoms with Crippen molar-refractivity contribution in [3.05, 3.63) is 69.3 Å². The fraction of sp³-hybridized carbons (Fsp3) is 0.278. The third kappa shape index (κ3) is 5.29. The van der Waals surface area contributed by atoms with Crippen molar-refractivity contribution in [3.8, 4) is 5.75 Å². The van der Waals surface area contributed by atoms with Crippen LogP contribution in [0.15, 0.2) is 42.5 Å². The zero-order chi connectivity index (χ0) is 18.4. The molecule has 0 saturated carbocycles. The first-order chi connectivity index (χ1) is 11.9. The smallest absolute Gasteiger partial charge is 0.269 e. The summed E-state index contributed by atoms with van der Waals surface area (Å²) in [5.74, 6) is -0.714. The van der Waals surface area contributed by atoms with Crippen LogP contribution in [0.25, 0.3) is 0 Å². The van der Waals surface area contributed by atoms with E-state index >= 15 is 0 Å². The summed E-state index contributed by atoms with van der Waals surface area (Å²) in [6.45, 7) is 4.28. The van der Waals surface area contributed by atoms with E-state index in [1.54, 1.807) is 24.3 Å².